The van der Waals surface area contributed by atoms with Crippen LogP contribution in [0.25, 0.3) is 22.2 Å². The molecule has 1 fully saturated rings. The third-order valence-electron chi connectivity index (χ3n) is 5.44. The molecule has 0 aliphatic carbocycles. The molecular weight excluding hydrogens is 367 g/mol. The van der Waals surface area contributed by atoms with E-state index >= 15 is 0 Å². The summed E-state index contributed by atoms with van der Waals surface area (Å²) in [5.41, 5.74) is 3.94. The Hall–Kier alpha value is -2.69. The van der Waals surface area contributed by atoms with Crippen LogP contribution in [0.15, 0.2) is 40.8 Å². The van der Waals surface area contributed by atoms with Gasteiger partial charge < -0.3 is 9.32 Å². The minimum atomic E-state index is -0.209. The molecule has 5 heteroatoms. The van der Waals surface area contributed by atoms with Crippen LogP contribution in [0.1, 0.15) is 57.5 Å². The molecule has 152 valence electrons. The van der Waals surface area contributed by atoms with Crippen LogP contribution in [-0.2, 0) is 4.79 Å². The van der Waals surface area contributed by atoms with Crippen molar-refractivity contribution >= 4 is 17.0 Å². The van der Waals surface area contributed by atoms with E-state index in [4.69, 9.17) is 9.40 Å². The zero-order valence-electron chi connectivity index (χ0n) is 17.5. The van der Waals surface area contributed by atoms with Crippen LogP contribution in [-0.4, -0.2) is 22.3 Å². The fourth-order valence-electron chi connectivity index (χ4n) is 3.97. The van der Waals surface area contributed by atoms with Gasteiger partial charge in [0, 0.05) is 13.0 Å². The molecule has 1 aliphatic rings. The lowest BCUT2D eigenvalue weighted by Gasteiger charge is -2.26. The minimum absolute atomic E-state index is 0.0479. The Kier molecular flexibility index (Phi) is 4.93. The highest BCUT2D eigenvalue weighted by Gasteiger charge is 2.34. The van der Waals surface area contributed by atoms with Crippen molar-refractivity contribution in [3.05, 3.63) is 53.7 Å². The Morgan fingerprint density at radius 2 is 1.93 bits per heavy atom. The minimum Gasteiger partial charge on any atom is -0.438 e. The van der Waals surface area contributed by atoms with Crippen LogP contribution in [0.3, 0.4) is 0 Å². The van der Waals surface area contributed by atoms with Gasteiger partial charge in [-0.15, -0.1) is 0 Å². The second-order valence-corrected chi connectivity index (χ2v) is 9.18. The van der Waals surface area contributed by atoms with E-state index in [1.165, 1.54) is 6.07 Å². The molecule has 3 aromatic rings. The third kappa shape index (κ3) is 4.04. The smallest absolute Gasteiger partial charge is 0.223 e. The van der Waals surface area contributed by atoms with Gasteiger partial charge in [0.1, 0.15) is 17.4 Å². The zero-order valence-corrected chi connectivity index (χ0v) is 17.5. The standard InChI is InChI=1S/C24H27FN2O2/c1-15-12-16(7-9-18(15)25)17-8-10-21-19(13-17)26-23(29-21)20-6-5-11-27(20)22(28)14-24(2,3)4/h7-10,12-13,20H,5-6,11,14H2,1-4H3/t20-/m0/s1. The first-order valence-electron chi connectivity index (χ1n) is 10.2. The van der Waals surface area contributed by atoms with Crippen molar-refractivity contribution in [2.45, 2.75) is 53.0 Å². The lowest BCUT2D eigenvalue weighted by Crippen LogP contribution is -2.33. The van der Waals surface area contributed by atoms with Crippen LogP contribution in [0, 0.1) is 18.2 Å². The quantitative estimate of drug-likeness (QED) is 0.544. The normalized spacial score (nSPS) is 17.3. The molecule has 4 nitrogen and oxygen atoms in total. The number of fused-ring (bicyclic) bond motifs is 1. The number of carbonyl (C=O) groups is 1. The molecule has 2 heterocycles. The molecule has 1 saturated heterocycles. The van der Waals surface area contributed by atoms with E-state index in [0.29, 0.717) is 23.5 Å². The number of aryl methyl sites for hydroxylation is 1. The average molecular weight is 394 g/mol. The molecule has 1 aliphatic heterocycles. The summed E-state index contributed by atoms with van der Waals surface area (Å²) in [6.45, 7) is 8.74. The summed E-state index contributed by atoms with van der Waals surface area (Å²) in [5, 5.41) is 0. The molecule has 4 rings (SSSR count). The predicted octanol–water partition coefficient (Wildman–Crippen LogP) is 6.04. The van der Waals surface area contributed by atoms with Crippen molar-refractivity contribution in [1.29, 1.82) is 0 Å². The average Bonchev–Trinajstić information content (AvgIpc) is 3.28. The van der Waals surface area contributed by atoms with Gasteiger partial charge in [0.2, 0.25) is 11.8 Å². The van der Waals surface area contributed by atoms with Crippen LogP contribution < -0.4 is 0 Å². The predicted molar refractivity (Wildman–Crippen MR) is 112 cm³/mol. The van der Waals surface area contributed by atoms with Gasteiger partial charge in [-0.25, -0.2) is 9.37 Å². The first-order chi connectivity index (χ1) is 13.7. The number of likely N-dealkylation sites (tertiary alicyclic amines) is 1. The first-order valence-corrected chi connectivity index (χ1v) is 10.2. The van der Waals surface area contributed by atoms with Gasteiger partial charge in [-0.1, -0.05) is 32.9 Å². The fraction of sp³-hybridized carbons (Fsp3) is 0.417. The molecule has 0 N–H and O–H groups in total. The molecule has 0 bridgehead atoms. The number of amides is 1. The number of carbonyl (C=O) groups excluding carboxylic acids is 1. The summed E-state index contributed by atoms with van der Waals surface area (Å²) in [6, 6.07) is 10.8. The summed E-state index contributed by atoms with van der Waals surface area (Å²) in [7, 11) is 0. The van der Waals surface area contributed by atoms with E-state index in [9.17, 15) is 9.18 Å². The maximum Gasteiger partial charge on any atom is 0.223 e. The van der Waals surface area contributed by atoms with E-state index in [-0.39, 0.29) is 23.2 Å². The molecule has 2 aromatic carbocycles. The Labute approximate surface area is 170 Å². The molecule has 0 saturated carbocycles. The third-order valence-corrected chi connectivity index (χ3v) is 5.44. The van der Waals surface area contributed by atoms with Gasteiger partial charge in [0.25, 0.3) is 0 Å². The highest BCUT2D eigenvalue weighted by Crippen LogP contribution is 2.36. The van der Waals surface area contributed by atoms with Crippen LogP contribution in [0.5, 0.6) is 0 Å². The Morgan fingerprint density at radius 1 is 1.21 bits per heavy atom. The summed E-state index contributed by atoms with van der Waals surface area (Å²) >= 11 is 0. The number of nitrogens with zero attached hydrogens (tertiary/aromatic N) is 2. The van der Waals surface area contributed by atoms with E-state index in [1.807, 2.05) is 29.2 Å². The SMILES string of the molecule is Cc1cc(-c2ccc3oc([C@@H]4CCCN4C(=O)CC(C)(C)C)nc3c2)ccc1F. The Balaban J connectivity index is 1.63. The van der Waals surface area contributed by atoms with E-state index in [1.54, 1.807) is 13.0 Å². The maximum atomic E-state index is 13.6. The molecule has 0 spiro atoms. The van der Waals surface area contributed by atoms with Crippen molar-refractivity contribution in [2.75, 3.05) is 6.54 Å². The largest absolute Gasteiger partial charge is 0.438 e. The second kappa shape index (κ2) is 7.29. The summed E-state index contributed by atoms with van der Waals surface area (Å²) in [6.07, 6.45) is 2.34. The molecular formula is C24H27FN2O2. The lowest BCUT2D eigenvalue weighted by molar-refractivity contribution is -0.134. The molecule has 1 atom stereocenters. The fourth-order valence-corrected chi connectivity index (χ4v) is 3.97. The van der Waals surface area contributed by atoms with Gasteiger partial charge in [-0.05, 0) is 66.1 Å². The van der Waals surface area contributed by atoms with Gasteiger partial charge >= 0.3 is 0 Å². The van der Waals surface area contributed by atoms with E-state index < -0.39 is 0 Å². The molecule has 1 amide bonds. The van der Waals surface area contributed by atoms with Gasteiger partial charge in [0.15, 0.2) is 5.58 Å². The topological polar surface area (TPSA) is 46.3 Å². The van der Waals surface area contributed by atoms with Gasteiger partial charge in [-0.2, -0.15) is 0 Å². The number of benzene rings is 2. The number of oxazole rings is 1. The Morgan fingerprint density at radius 3 is 2.66 bits per heavy atom. The van der Waals surface area contributed by atoms with Gasteiger partial charge in [-0.3, -0.25) is 4.79 Å². The Bertz CT molecular complexity index is 1060. The number of hydrogen-bond acceptors (Lipinski definition) is 3. The van der Waals surface area contributed by atoms with Crippen molar-refractivity contribution < 1.29 is 13.6 Å². The number of rotatable bonds is 3. The van der Waals surface area contributed by atoms with Crippen molar-refractivity contribution in [3.63, 3.8) is 0 Å². The van der Waals surface area contributed by atoms with Gasteiger partial charge in [0.05, 0.1) is 0 Å². The van der Waals surface area contributed by atoms with Crippen LogP contribution >= 0.6 is 0 Å². The maximum absolute atomic E-state index is 13.6. The molecule has 0 unspecified atom stereocenters. The summed E-state index contributed by atoms with van der Waals surface area (Å²) in [4.78, 5) is 19.4. The molecule has 0 radical (unpaired) electrons. The lowest BCUT2D eigenvalue weighted by atomic mass is 9.91. The zero-order chi connectivity index (χ0) is 20.8. The summed E-state index contributed by atoms with van der Waals surface area (Å²) < 4.78 is 19.6. The first kappa shape index (κ1) is 19.6. The highest BCUT2D eigenvalue weighted by molar-refractivity contribution is 5.81. The second-order valence-electron chi connectivity index (χ2n) is 9.18. The van der Waals surface area contributed by atoms with Crippen molar-refractivity contribution in [3.8, 4) is 11.1 Å². The number of aromatic nitrogens is 1. The summed E-state index contributed by atoms with van der Waals surface area (Å²) in [5.74, 6) is 0.553. The molecule has 1 aromatic heterocycles. The molecule has 29 heavy (non-hydrogen) atoms. The van der Waals surface area contributed by atoms with E-state index in [2.05, 4.69) is 20.8 Å². The van der Waals surface area contributed by atoms with Crippen LogP contribution in [0.4, 0.5) is 4.39 Å². The van der Waals surface area contributed by atoms with Crippen molar-refractivity contribution in [1.82, 2.24) is 9.88 Å². The van der Waals surface area contributed by atoms with Crippen LogP contribution in [0.2, 0.25) is 0 Å². The number of hydrogen-bond donors (Lipinski definition) is 0. The monoisotopic (exact) mass is 394 g/mol. The van der Waals surface area contributed by atoms with Crippen molar-refractivity contribution in [2.24, 2.45) is 5.41 Å². The number of halogens is 1. The van der Waals surface area contributed by atoms with E-state index in [0.717, 1.165) is 36.0 Å². The highest BCUT2D eigenvalue weighted by atomic mass is 19.1.